The van der Waals surface area contributed by atoms with Crippen LogP contribution in [0.4, 0.5) is 0 Å². The smallest absolute Gasteiger partial charge is 0.137 e. The molecule has 0 aromatic carbocycles. The van der Waals surface area contributed by atoms with E-state index in [9.17, 15) is 0 Å². The zero-order valence-corrected chi connectivity index (χ0v) is 13.0. The predicted octanol–water partition coefficient (Wildman–Crippen LogP) is 2.70. The van der Waals surface area contributed by atoms with E-state index in [-0.39, 0.29) is 11.6 Å². The van der Waals surface area contributed by atoms with Gasteiger partial charge in [-0.25, -0.2) is 0 Å². The predicted molar refractivity (Wildman–Crippen MR) is 80.1 cm³/mol. The monoisotopic (exact) mass is 278 g/mol. The molecule has 112 valence electrons. The molecule has 4 nitrogen and oxygen atoms in total. The molecule has 0 aliphatic carbocycles. The van der Waals surface area contributed by atoms with Crippen molar-refractivity contribution in [3.63, 3.8) is 0 Å². The molecule has 0 saturated carbocycles. The van der Waals surface area contributed by atoms with E-state index in [1.54, 1.807) is 6.20 Å². The van der Waals surface area contributed by atoms with Crippen LogP contribution in [0.1, 0.15) is 39.3 Å². The maximum Gasteiger partial charge on any atom is 0.137 e. The maximum atomic E-state index is 5.99. The van der Waals surface area contributed by atoms with Crippen molar-refractivity contribution in [2.45, 2.75) is 58.3 Å². The SMILES string of the molecule is Cc1ccc(OCC2CCC(CNC(C)(C)C)O2)cn1. The van der Waals surface area contributed by atoms with Crippen molar-refractivity contribution in [1.29, 1.82) is 0 Å². The lowest BCUT2D eigenvalue weighted by Crippen LogP contribution is -2.41. The molecule has 1 aliphatic heterocycles. The van der Waals surface area contributed by atoms with Crippen LogP contribution in [0.3, 0.4) is 0 Å². The molecule has 1 saturated heterocycles. The van der Waals surface area contributed by atoms with Crippen molar-refractivity contribution in [1.82, 2.24) is 10.3 Å². The Balaban J connectivity index is 1.69. The zero-order chi connectivity index (χ0) is 14.6. The highest BCUT2D eigenvalue weighted by Gasteiger charge is 2.26. The molecule has 1 aromatic rings. The number of rotatable bonds is 5. The standard InChI is InChI=1S/C16H26N2O2/c1-12-5-6-13(9-17-12)19-11-15-8-7-14(20-15)10-18-16(2,3)4/h5-6,9,14-15,18H,7-8,10-11H2,1-4H3. The Bertz CT molecular complexity index is 411. The van der Waals surface area contributed by atoms with Gasteiger partial charge in [0.2, 0.25) is 0 Å². The minimum atomic E-state index is 0.144. The average molecular weight is 278 g/mol. The summed E-state index contributed by atoms with van der Waals surface area (Å²) in [5.41, 5.74) is 1.15. The Morgan fingerprint density at radius 3 is 2.70 bits per heavy atom. The topological polar surface area (TPSA) is 43.4 Å². The van der Waals surface area contributed by atoms with Crippen LogP contribution in [0.5, 0.6) is 5.75 Å². The number of pyridine rings is 1. The fourth-order valence-electron chi connectivity index (χ4n) is 2.20. The van der Waals surface area contributed by atoms with Crippen LogP contribution in [0.25, 0.3) is 0 Å². The molecule has 0 amide bonds. The molecule has 20 heavy (non-hydrogen) atoms. The number of hydrogen-bond acceptors (Lipinski definition) is 4. The molecule has 2 heterocycles. The molecule has 0 radical (unpaired) electrons. The molecule has 2 rings (SSSR count). The van der Waals surface area contributed by atoms with Gasteiger partial charge in [0.1, 0.15) is 12.4 Å². The Morgan fingerprint density at radius 1 is 1.30 bits per heavy atom. The van der Waals surface area contributed by atoms with Gasteiger partial charge in [-0.2, -0.15) is 0 Å². The summed E-state index contributed by atoms with van der Waals surface area (Å²) in [6, 6.07) is 3.91. The number of nitrogens with zero attached hydrogens (tertiary/aromatic N) is 1. The molecule has 1 fully saturated rings. The number of ether oxygens (including phenoxy) is 2. The molecule has 4 heteroatoms. The minimum Gasteiger partial charge on any atom is -0.489 e. The first kappa shape index (κ1) is 15.3. The van der Waals surface area contributed by atoms with Gasteiger partial charge in [-0.1, -0.05) is 0 Å². The summed E-state index contributed by atoms with van der Waals surface area (Å²) in [6.07, 6.45) is 4.43. The van der Waals surface area contributed by atoms with Crippen LogP contribution >= 0.6 is 0 Å². The number of nitrogens with one attached hydrogen (secondary N) is 1. The largest absolute Gasteiger partial charge is 0.489 e. The summed E-state index contributed by atoms with van der Waals surface area (Å²) in [6.45, 7) is 10.0. The highest BCUT2D eigenvalue weighted by atomic mass is 16.5. The van der Waals surface area contributed by atoms with Gasteiger partial charge in [-0.3, -0.25) is 4.98 Å². The summed E-state index contributed by atoms with van der Waals surface area (Å²) < 4.78 is 11.7. The van der Waals surface area contributed by atoms with Gasteiger partial charge in [-0.15, -0.1) is 0 Å². The summed E-state index contributed by atoms with van der Waals surface area (Å²) in [5, 5.41) is 3.49. The third-order valence-corrected chi connectivity index (χ3v) is 3.38. The van der Waals surface area contributed by atoms with E-state index >= 15 is 0 Å². The third kappa shape index (κ3) is 5.10. The van der Waals surface area contributed by atoms with E-state index in [0.29, 0.717) is 12.7 Å². The molecule has 0 bridgehead atoms. The third-order valence-electron chi connectivity index (χ3n) is 3.38. The first-order chi connectivity index (χ1) is 9.42. The van der Waals surface area contributed by atoms with Gasteiger partial charge in [-0.05, 0) is 52.7 Å². The van der Waals surface area contributed by atoms with Gasteiger partial charge in [0, 0.05) is 17.8 Å². The van der Waals surface area contributed by atoms with Gasteiger partial charge in [0.15, 0.2) is 0 Å². The fraction of sp³-hybridized carbons (Fsp3) is 0.688. The second-order valence-corrected chi connectivity index (χ2v) is 6.53. The van der Waals surface area contributed by atoms with Crippen molar-refractivity contribution < 1.29 is 9.47 Å². The molecule has 1 aliphatic rings. The molecular weight excluding hydrogens is 252 g/mol. The molecule has 2 unspecified atom stereocenters. The molecule has 1 aromatic heterocycles. The number of aromatic nitrogens is 1. The fourth-order valence-corrected chi connectivity index (χ4v) is 2.20. The minimum absolute atomic E-state index is 0.144. The van der Waals surface area contributed by atoms with E-state index in [4.69, 9.17) is 9.47 Å². The van der Waals surface area contributed by atoms with Crippen molar-refractivity contribution >= 4 is 0 Å². The lowest BCUT2D eigenvalue weighted by molar-refractivity contribution is 0.0161. The lowest BCUT2D eigenvalue weighted by atomic mass is 10.1. The van der Waals surface area contributed by atoms with E-state index in [0.717, 1.165) is 30.8 Å². The lowest BCUT2D eigenvalue weighted by Gasteiger charge is -2.23. The molecule has 0 spiro atoms. The Morgan fingerprint density at radius 2 is 2.05 bits per heavy atom. The summed E-state index contributed by atoms with van der Waals surface area (Å²) >= 11 is 0. The number of hydrogen-bond donors (Lipinski definition) is 1. The van der Waals surface area contributed by atoms with Crippen molar-refractivity contribution in [3.8, 4) is 5.75 Å². The number of aryl methyl sites for hydroxylation is 1. The summed E-state index contributed by atoms with van der Waals surface area (Å²) in [4.78, 5) is 4.22. The van der Waals surface area contributed by atoms with Crippen LogP contribution in [0.15, 0.2) is 18.3 Å². The van der Waals surface area contributed by atoms with E-state index in [1.165, 1.54) is 0 Å². The van der Waals surface area contributed by atoms with Gasteiger partial charge in [0.25, 0.3) is 0 Å². The van der Waals surface area contributed by atoms with E-state index in [2.05, 4.69) is 31.1 Å². The van der Waals surface area contributed by atoms with Crippen molar-refractivity contribution in [2.24, 2.45) is 0 Å². The summed E-state index contributed by atoms with van der Waals surface area (Å²) in [5.74, 6) is 0.815. The Labute approximate surface area is 121 Å². The van der Waals surface area contributed by atoms with Crippen LogP contribution in [-0.4, -0.2) is 35.9 Å². The average Bonchev–Trinajstić information content (AvgIpc) is 2.83. The summed E-state index contributed by atoms with van der Waals surface area (Å²) in [7, 11) is 0. The first-order valence-corrected chi connectivity index (χ1v) is 7.38. The van der Waals surface area contributed by atoms with Crippen molar-refractivity contribution in [2.75, 3.05) is 13.2 Å². The highest BCUT2D eigenvalue weighted by molar-refractivity contribution is 5.19. The Hall–Kier alpha value is -1.13. The van der Waals surface area contributed by atoms with E-state index < -0.39 is 0 Å². The van der Waals surface area contributed by atoms with Crippen LogP contribution in [-0.2, 0) is 4.74 Å². The van der Waals surface area contributed by atoms with Gasteiger partial charge >= 0.3 is 0 Å². The molecular formula is C16H26N2O2. The normalized spacial score (nSPS) is 23.0. The van der Waals surface area contributed by atoms with Gasteiger partial charge < -0.3 is 14.8 Å². The first-order valence-electron chi connectivity index (χ1n) is 7.38. The maximum absolute atomic E-state index is 5.99. The molecule has 2 atom stereocenters. The van der Waals surface area contributed by atoms with Crippen molar-refractivity contribution in [3.05, 3.63) is 24.0 Å². The quantitative estimate of drug-likeness (QED) is 0.899. The van der Waals surface area contributed by atoms with E-state index in [1.807, 2.05) is 19.1 Å². The molecule has 1 N–H and O–H groups in total. The van der Waals surface area contributed by atoms with Gasteiger partial charge in [0.05, 0.1) is 18.4 Å². The Kier molecular flexibility index (Phi) is 5.00. The van der Waals surface area contributed by atoms with Crippen LogP contribution < -0.4 is 10.1 Å². The highest BCUT2D eigenvalue weighted by Crippen LogP contribution is 2.21. The van der Waals surface area contributed by atoms with Crippen LogP contribution in [0.2, 0.25) is 0 Å². The second-order valence-electron chi connectivity index (χ2n) is 6.53. The second kappa shape index (κ2) is 6.55. The van der Waals surface area contributed by atoms with Crippen LogP contribution in [0, 0.1) is 6.92 Å². The zero-order valence-electron chi connectivity index (χ0n) is 13.0.